The van der Waals surface area contributed by atoms with Crippen molar-refractivity contribution in [3.05, 3.63) is 47.8 Å². The Balaban J connectivity index is 2.32. The van der Waals surface area contributed by atoms with Gasteiger partial charge in [0.25, 0.3) is 0 Å². The van der Waals surface area contributed by atoms with Crippen LogP contribution in [-0.2, 0) is 10.9 Å². The summed E-state index contributed by atoms with van der Waals surface area (Å²) >= 11 is 0. The standard InChI is InChI=1S/C14H13F3N2O/c1-9(20-2)10-3-5-11(6-4-10)13-18-8-7-12(19-13)14(15,16)17/h3-9H,1-2H3. The highest BCUT2D eigenvalue weighted by molar-refractivity contribution is 5.55. The molecule has 0 saturated heterocycles. The number of alkyl halides is 3. The normalized spacial score (nSPS) is 13.2. The minimum absolute atomic E-state index is 0.0523. The summed E-state index contributed by atoms with van der Waals surface area (Å²) in [5, 5.41) is 0. The van der Waals surface area contributed by atoms with Gasteiger partial charge in [0.1, 0.15) is 5.69 Å². The monoisotopic (exact) mass is 282 g/mol. The minimum Gasteiger partial charge on any atom is -0.377 e. The summed E-state index contributed by atoms with van der Waals surface area (Å²) in [6.07, 6.45) is -3.44. The van der Waals surface area contributed by atoms with E-state index in [1.807, 2.05) is 6.92 Å². The van der Waals surface area contributed by atoms with Crippen LogP contribution in [0, 0.1) is 0 Å². The predicted octanol–water partition coefficient (Wildman–Crippen LogP) is 3.87. The van der Waals surface area contributed by atoms with Gasteiger partial charge in [0, 0.05) is 18.9 Å². The maximum Gasteiger partial charge on any atom is 0.433 e. The summed E-state index contributed by atoms with van der Waals surface area (Å²) in [5.41, 5.74) is 0.517. The molecule has 0 radical (unpaired) electrons. The summed E-state index contributed by atoms with van der Waals surface area (Å²) < 4.78 is 42.9. The quantitative estimate of drug-likeness (QED) is 0.857. The van der Waals surface area contributed by atoms with Gasteiger partial charge in [0.2, 0.25) is 0 Å². The Labute approximate surface area is 114 Å². The van der Waals surface area contributed by atoms with Gasteiger partial charge in [-0.05, 0) is 18.6 Å². The summed E-state index contributed by atoms with van der Waals surface area (Å²) in [5.74, 6) is 0.0523. The smallest absolute Gasteiger partial charge is 0.377 e. The third kappa shape index (κ3) is 3.14. The van der Waals surface area contributed by atoms with E-state index in [9.17, 15) is 13.2 Å². The molecular weight excluding hydrogens is 269 g/mol. The zero-order chi connectivity index (χ0) is 14.8. The molecule has 0 bridgehead atoms. The summed E-state index contributed by atoms with van der Waals surface area (Å²) in [4.78, 5) is 7.42. The molecule has 0 saturated carbocycles. The van der Waals surface area contributed by atoms with Gasteiger partial charge in [-0.1, -0.05) is 24.3 Å². The molecule has 2 aromatic rings. The Morgan fingerprint density at radius 1 is 1.10 bits per heavy atom. The van der Waals surface area contributed by atoms with Crippen molar-refractivity contribution < 1.29 is 17.9 Å². The van der Waals surface area contributed by atoms with E-state index in [1.165, 1.54) is 0 Å². The van der Waals surface area contributed by atoms with Crippen LogP contribution in [0.1, 0.15) is 24.3 Å². The molecule has 1 atom stereocenters. The molecule has 0 aliphatic rings. The number of rotatable bonds is 3. The fourth-order valence-electron chi connectivity index (χ4n) is 1.69. The van der Waals surface area contributed by atoms with E-state index >= 15 is 0 Å². The van der Waals surface area contributed by atoms with E-state index in [4.69, 9.17) is 4.74 Å². The van der Waals surface area contributed by atoms with Crippen LogP contribution in [0.4, 0.5) is 13.2 Å². The number of halogens is 3. The first-order chi connectivity index (χ1) is 9.41. The zero-order valence-electron chi connectivity index (χ0n) is 11.0. The van der Waals surface area contributed by atoms with Crippen LogP contribution >= 0.6 is 0 Å². The number of ether oxygens (including phenoxy) is 1. The third-order valence-electron chi connectivity index (χ3n) is 2.94. The summed E-state index contributed by atoms with van der Waals surface area (Å²) in [6.45, 7) is 1.88. The molecule has 0 fully saturated rings. The molecular formula is C14H13F3N2O. The third-order valence-corrected chi connectivity index (χ3v) is 2.94. The lowest BCUT2D eigenvalue weighted by Gasteiger charge is -2.10. The minimum atomic E-state index is -4.47. The molecule has 1 heterocycles. The molecule has 20 heavy (non-hydrogen) atoms. The van der Waals surface area contributed by atoms with E-state index in [1.54, 1.807) is 31.4 Å². The highest BCUT2D eigenvalue weighted by Gasteiger charge is 2.32. The van der Waals surface area contributed by atoms with Gasteiger partial charge >= 0.3 is 6.18 Å². The number of aromatic nitrogens is 2. The molecule has 6 heteroatoms. The average Bonchev–Trinajstić information content (AvgIpc) is 2.46. The van der Waals surface area contributed by atoms with Crippen molar-refractivity contribution in [1.29, 1.82) is 0 Å². The van der Waals surface area contributed by atoms with Gasteiger partial charge in [-0.25, -0.2) is 9.97 Å². The van der Waals surface area contributed by atoms with E-state index in [2.05, 4.69) is 9.97 Å². The van der Waals surface area contributed by atoms with Gasteiger partial charge in [-0.15, -0.1) is 0 Å². The van der Waals surface area contributed by atoms with Crippen LogP contribution in [0.25, 0.3) is 11.4 Å². The lowest BCUT2D eigenvalue weighted by Crippen LogP contribution is -2.09. The molecule has 0 N–H and O–H groups in total. The molecule has 0 aliphatic heterocycles. The summed E-state index contributed by atoms with van der Waals surface area (Å²) in [6, 6.07) is 7.78. The Morgan fingerprint density at radius 2 is 1.75 bits per heavy atom. The van der Waals surface area contributed by atoms with Gasteiger partial charge < -0.3 is 4.74 Å². The molecule has 1 aromatic carbocycles. The van der Waals surface area contributed by atoms with Crippen molar-refractivity contribution in [1.82, 2.24) is 9.97 Å². The van der Waals surface area contributed by atoms with Crippen molar-refractivity contribution in [2.75, 3.05) is 7.11 Å². The van der Waals surface area contributed by atoms with Crippen LogP contribution in [0.2, 0.25) is 0 Å². The summed E-state index contributed by atoms with van der Waals surface area (Å²) in [7, 11) is 1.59. The maximum atomic E-state index is 12.6. The van der Waals surface area contributed by atoms with Gasteiger partial charge in [0.15, 0.2) is 5.82 Å². The van der Waals surface area contributed by atoms with Crippen molar-refractivity contribution >= 4 is 0 Å². The van der Waals surface area contributed by atoms with Crippen molar-refractivity contribution in [3.8, 4) is 11.4 Å². The molecule has 1 unspecified atom stereocenters. The average molecular weight is 282 g/mol. The Morgan fingerprint density at radius 3 is 2.30 bits per heavy atom. The molecule has 1 aromatic heterocycles. The van der Waals surface area contributed by atoms with E-state index in [0.29, 0.717) is 5.56 Å². The second-order valence-corrected chi connectivity index (χ2v) is 4.26. The van der Waals surface area contributed by atoms with E-state index in [0.717, 1.165) is 17.8 Å². The first-order valence-electron chi connectivity index (χ1n) is 5.95. The Bertz CT molecular complexity index is 582. The first kappa shape index (κ1) is 14.5. The van der Waals surface area contributed by atoms with Crippen LogP contribution in [0.5, 0.6) is 0 Å². The Hall–Kier alpha value is -1.95. The van der Waals surface area contributed by atoms with Crippen molar-refractivity contribution in [3.63, 3.8) is 0 Å². The number of hydrogen-bond donors (Lipinski definition) is 0. The number of hydrogen-bond acceptors (Lipinski definition) is 3. The molecule has 0 spiro atoms. The predicted molar refractivity (Wildman–Crippen MR) is 67.9 cm³/mol. The molecule has 0 aliphatic carbocycles. The number of benzene rings is 1. The maximum absolute atomic E-state index is 12.6. The van der Waals surface area contributed by atoms with Crippen LogP contribution < -0.4 is 0 Å². The molecule has 0 amide bonds. The number of nitrogens with zero attached hydrogens (tertiary/aromatic N) is 2. The van der Waals surface area contributed by atoms with Gasteiger partial charge in [0.05, 0.1) is 6.10 Å². The lowest BCUT2D eigenvalue weighted by atomic mass is 10.1. The Kier molecular flexibility index (Phi) is 4.04. The van der Waals surface area contributed by atoms with E-state index in [-0.39, 0.29) is 11.9 Å². The highest BCUT2D eigenvalue weighted by atomic mass is 19.4. The topological polar surface area (TPSA) is 35.0 Å². The van der Waals surface area contributed by atoms with Crippen LogP contribution in [0.3, 0.4) is 0 Å². The number of methoxy groups -OCH3 is 1. The first-order valence-corrected chi connectivity index (χ1v) is 5.95. The second kappa shape index (κ2) is 5.58. The van der Waals surface area contributed by atoms with Crippen LogP contribution in [-0.4, -0.2) is 17.1 Å². The zero-order valence-corrected chi connectivity index (χ0v) is 11.0. The molecule has 2 rings (SSSR count). The largest absolute Gasteiger partial charge is 0.433 e. The molecule has 3 nitrogen and oxygen atoms in total. The molecule has 106 valence electrons. The van der Waals surface area contributed by atoms with Crippen molar-refractivity contribution in [2.24, 2.45) is 0 Å². The fraction of sp³-hybridized carbons (Fsp3) is 0.286. The lowest BCUT2D eigenvalue weighted by molar-refractivity contribution is -0.141. The van der Waals surface area contributed by atoms with Crippen molar-refractivity contribution in [2.45, 2.75) is 19.2 Å². The van der Waals surface area contributed by atoms with Gasteiger partial charge in [-0.2, -0.15) is 13.2 Å². The van der Waals surface area contributed by atoms with E-state index < -0.39 is 11.9 Å². The highest BCUT2D eigenvalue weighted by Crippen LogP contribution is 2.28. The SMILES string of the molecule is COC(C)c1ccc(-c2nccc(C(F)(F)F)n2)cc1. The van der Waals surface area contributed by atoms with Crippen LogP contribution in [0.15, 0.2) is 36.5 Å². The fourth-order valence-corrected chi connectivity index (χ4v) is 1.69. The van der Waals surface area contributed by atoms with Gasteiger partial charge in [-0.3, -0.25) is 0 Å². The second-order valence-electron chi connectivity index (χ2n) is 4.26.